The van der Waals surface area contributed by atoms with E-state index in [1.54, 1.807) is 6.26 Å². The van der Waals surface area contributed by atoms with Gasteiger partial charge in [-0.05, 0) is 50.3 Å². The molecule has 8 atom stereocenters. The largest absolute Gasteiger partial charge is 0.388 e. The van der Waals surface area contributed by atoms with Crippen LogP contribution in [0.15, 0.2) is 0 Å². The van der Waals surface area contributed by atoms with Crippen LogP contribution in [0.5, 0.6) is 0 Å². The lowest BCUT2D eigenvalue weighted by Gasteiger charge is -2.44. The molecule has 0 aromatic carbocycles. The highest BCUT2D eigenvalue weighted by Crippen LogP contribution is 2.30. The molecule has 2 fully saturated rings. The summed E-state index contributed by atoms with van der Waals surface area (Å²) in [5, 5.41) is 37.2. The van der Waals surface area contributed by atoms with Crippen molar-refractivity contribution < 1.29 is 34.0 Å². The van der Waals surface area contributed by atoms with Gasteiger partial charge in [0.05, 0.1) is 18.7 Å². The lowest BCUT2D eigenvalue weighted by molar-refractivity contribution is -0.208. The molecule has 2 rings (SSSR count). The number of halogens is 1. The van der Waals surface area contributed by atoms with E-state index < -0.39 is 42.6 Å². The van der Waals surface area contributed by atoms with E-state index in [4.69, 9.17) is 9.47 Å². The Morgan fingerprint density at radius 1 is 1.26 bits per heavy atom. The van der Waals surface area contributed by atoms with Gasteiger partial charge in [-0.2, -0.15) is 0 Å². The maximum atomic E-state index is 13.0. The zero-order valence-electron chi connectivity index (χ0n) is 18.7. The van der Waals surface area contributed by atoms with E-state index in [0.717, 1.165) is 25.8 Å². The predicted molar refractivity (Wildman–Crippen MR) is 118 cm³/mol. The molecule has 0 saturated carbocycles. The highest BCUT2D eigenvalue weighted by molar-refractivity contribution is 7.99. The number of ether oxygens (including phenoxy) is 2. The highest BCUT2D eigenvalue weighted by Gasteiger charge is 2.47. The number of amides is 1. The number of aliphatic hydroxyl groups is 3. The zero-order valence-corrected chi connectivity index (χ0v) is 19.5. The van der Waals surface area contributed by atoms with Crippen molar-refractivity contribution >= 4 is 17.7 Å². The monoisotopic (exact) mass is 466 g/mol. The minimum absolute atomic E-state index is 0.0550. The van der Waals surface area contributed by atoms with E-state index in [0.29, 0.717) is 18.9 Å². The van der Waals surface area contributed by atoms with Gasteiger partial charge >= 0.3 is 0 Å². The Hall–Kier alpha value is -0.490. The third-order valence-electron chi connectivity index (χ3n) is 6.17. The molecule has 2 heterocycles. The van der Waals surface area contributed by atoms with E-state index in [1.807, 2.05) is 13.8 Å². The highest BCUT2D eigenvalue weighted by atomic mass is 32.2. The van der Waals surface area contributed by atoms with Crippen molar-refractivity contribution in [2.75, 3.05) is 32.7 Å². The molecule has 0 radical (unpaired) electrons. The van der Waals surface area contributed by atoms with Crippen LogP contribution in [0.4, 0.5) is 4.39 Å². The molecule has 0 spiro atoms. The third-order valence-corrected chi connectivity index (χ3v) is 7.03. The molecule has 1 amide bonds. The molecule has 5 N–H and O–H groups in total. The lowest BCUT2D eigenvalue weighted by Crippen LogP contribution is -2.65. The molecule has 0 aromatic heterocycles. The van der Waals surface area contributed by atoms with E-state index >= 15 is 0 Å². The van der Waals surface area contributed by atoms with Crippen LogP contribution < -0.4 is 10.6 Å². The first kappa shape index (κ1) is 26.8. The maximum absolute atomic E-state index is 13.0. The molecule has 8 nitrogen and oxygen atoms in total. The second kappa shape index (κ2) is 13.3. The summed E-state index contributed by atoms with van der Waals surface area (Å²) in [5.74, 6) is 0.174. The van der Waals surface area contributed by atoms with Gasteiger partial charge in [-0.3, -0.25) is 4.79 Å². The minimum Gasteiger partial charge on any atom is -0.388 e. The Balaban J connectivity index is 1.94. The van der Waals surface area contributed by atoms with Gasteiger partial charge in [0.25, 0.3) is 0 Å². The van der Waals surface area contributed by atoms with Gasteiger partial charge in [0, 0.05) is 6.61 Å². The fourth-order valence-electron chi connectivity index (χ4n) is 4.35. The van der Waals surface area contributed by atoms with Crippen LogP contribution in [0.3, 0.4) is 0 Å². The molecule has 0 unspecified atom stereocenters. The van der Waals surface area contributed by atoms with Crippen LogP contribution >= 0.6 is 11.8 Å². The first-order valence-electron chi connectivity index (χ1n) is 11.2. The maximum Gasteiger partial charge on any atom is 0.237 e. The van der Waals surface area contributed by atoms with Crippen molar-refractivity contribution in [1.82, 2.24) is 10.6 Å². The Morgan fingerprint density at radius 2 is 2.00 bits per heavy atom. The Labute approximate surface area is 188 Å². The number of alkyl halides is 1. The first-order valence-corrected chi connectivity index (χ1v) is 12.5. The molecule has 10 heteroatoms. The number of carbonyl (C=O) groups is 1. The number of nitrogens with one attached hydrogen (secondary N) is 2. The number of piperidine rings is 1. The van der Waals surface area contributed by atoms with E-state index in [-0.39, 0.29) is 24.5 Å². The predicted octanol–water partition coefficient (Wildman–Crippen LogP) is 0.432. The summed E-state index contributed by atoms with van der Waals surface area (Å²) in [5.41, 5.74) is -0.682. The van der Waals surface area contributed by atoms with Crippen molar-refractivity contribution in [1.29, 1.82) is 0 Å². The average molecular weight is 467 g/mol. The molecule has 31 heavy (non-hydrogen) atoms. The van der Waals surface area contributed by atoms with Gasteiger partial charge in [0.1, 0.15) is 36.5 Å². The summed E-state index contributed by atoms with van der Waals surface area (Å²) in [6, 6.07) is -0.866. The van der Waals surface area contributed by atoms with Crippen LogP contribution in [0.2, 0.25) is 0 Å². The van der Waals surface area contributed by atoms with Crippen molar-refractivity contribution in [2.24, 2.45) is 11.8 Å². The van der Waals surface area contributed by atoms with Gasteiger partial charge in [-0.25, -0.2) is 4.39 Å². The molecule has 2 aliphatic heterocycles. The van der Waals surface area contributed by atoms with Gasteiger partial charge in [-0.15, -0.1) is 11.8 Å². The second-order valence-corrected chi connectivity index (χ2v) is 9.73. The Kier molecular flexibility index (Phi) is 11.5. The zero-order chi connectivity index (χ0) is 23.0. The number of rotatable bonds is 11. The summed E-state index contributed by atoms with van der Waals surface area (Å²) in [6.45, 7) is 4.76. The number of hydrogen-bond acceptors (Lipinski definition) is 8. The lowest BCUT2D eigenvalue weighted by atomic mass is 9.86. The summed E-state index contributed by atoms with van der Waals surface area (Å²) in [6.07, 6.45) is 0.529. The summed E-state index contributed by atoms with van der Waals surface area (Å²) < 4.78 is 23.2. The molecular weight excluding hydrogens is 427 g/mol. The topological polar surface area (TPSA) is 120 Å². The quantitative estimate of drug-likeness (QED) is 0.278. The fourth-order valence-corrected chi connectivity index (χ4v) is 5.03. The molecule has 0 aromatic rings. The second-order valence-electron chi connectivity index (χ2n) is 8.80. The average Bonchev–Trinajstić information content (AvgIpc) is 2.76. The van der Waals surface area contributed by atoms with Crippen LogP contribution in [0.1, 0.15) is 39.5 Å². The standard InChI is InChI=1S/C21H39FN2O6S/c1-12(2)15(19-17(26)16(25)18(27)21(30-19)31-3)24-20(28)14-11-13(6-8-23-14)5-4-9-29-10-7-22/h12-19,21,23,25-27H,4-11H2,1-3H3,(H,24,28)/t13-,14+,15-,16+,17-,18-,19-,21-/m1/s1. The summed E-state index contributed by atoms with van der Waals surface area (Å²) in [4.78, 5) is 13.0. The van der Waals surface area contributed by atoms with Crippen molar-refractivity contribution in [2.45, 2.75) is 81.5 Å². The third kappa shape index (κ3) is 7.52. The Morgan fingerprint density at radius 3 is 2.65 bits per heavy atom. The molecular formula is C21H39FN2O6S. The first-order chi connectivity index (χ1) is 14.8. The molecule has 0 aliphatic carbocycles. The number of aliphatic hydroxyl groups excluding tert-OH is 3. The van der Waals surface area contributed by atoms with Gasteiger partial charge in [0.15, 0.2) is 0 Å². The van der Waals surface area contributed by atoms with Crippen molar-refractivity contribution in [3.05, 3.63) is 0 Å². The summed E-state index contributed by atoms with van der Waals surface area (Å²) in [7, 11) is 0. The van der Waals surface area contributed by atoms with E-state index in [2.05, 4.69) is 10.6 Å². The number of carbonyl (C=O) groups excluding carboxylic acids is 1. The van der Waals surface area contributed by atoms with Crippen molar-refractivity contribution in [3.8, 4) is 0 Å². The van der Waals surface area contributed by atoms with Crippen LogP contribution in [-0.2, 0) is 14.3 Å². The summed E-state index contributed by atoms with van der Waals surface area (Å²) >= 11 is 1.25. The van der Waals surface area contributed by atoms with Gasteiger partial charge < -0.3 is 35.4 Å². The SMILES string of the molecule is CS[C@H]1O[C@H]([C@H](NC(=O)[C@@H]2C[C@H](CCCOCCF)CCN2)C(C)C)[C@H](O)[C@H](O)[C@H]1O. The fraction of sp³-hybridized carbons (Fsp3) is 0.952. The van der Waals surface area contributed by atoms with Crippen LogP contribution in [-0.4, -0.2) is 95.9 Å². The van der Waals surface area contributed by atoms with Gasteiger partial charge in [0.2, 0.25) is 5.91 Å². The van der Waals surface area contributed by atoms with E-state index in [9.17, 15) is 24.5 Å². The minimum atomic E-state index is -1.34. The van der Waals surface area contributed by atoms with E-state index in [1.165, 1.54) is 11.8 Å². The molecule has 2 saturated heterocycles. The molecule has 182 valence electrons. The number of hydrogen-bond donors (Lipinski definition) is 5. The molecule has 2 aliphatic rings. The Bertz CT molecular complexity index is 544. The van der Waals surface area contributed by atoms with Gasteiger partial charge in [-0.1, -0.05) is 13.8 Å². The van der Waals surface area contributed by atoms with Crippen LogP contribution in [0, 0.1) is 11.8 Å². The normalized spacial score (nSPS) is 35.2. The molecule has 0 bridgehead atoms. The smallest absolute Gasteiger partial charge is 0.237 e. The van der Waals surface area contributed by atoms with Crippen molar-refractivity contribution in [3.63, 3.8) is 0 Å². The number of thioether (sulfide) groups is 1. The van der Waals surface area contributed by atoms with Crippen LogP contribution in [0.25, 0.3) is 0 Å².